The first-order chi connectivity index (χ1) is 10.2. The zero-order valence-electron chi connectivity index (χ0n) is 10.8. The van der Waals surface area contributed by atoms with E-state index in [2.05, 4.69) is 20.9 Å². The summed E-state index contributed by atoms with van der Waals surface area (Å²) in [7, 11) is 0. The number of hydrogen-bond donors (Lipinski definition) is 0. The van der Waals surface area contributed by atoms with Crippen LogP contribution in [-0.2, 0) is 9.53 Å². The molecule has 21 heavy (non-hydrogen) atoms. The van der Waals surface area contributed by atoms with Crippen molar-refractivity contribution in [2.24, 2.45) is 4.99 Å². The number of benzene rings is 1. The minimum absolute atomic E-state index is 0.253. The van der Waals surface area contributed by atoms with Crippen molar-refractivity contribution in [2.45, 2.75) is 0 Å². The standard InChI is InChI=1S/C16H10BrNO3/c17-13-8-2-1-7-12(13)15-18-14(16(19)21-15)9-3-5-11-6-4-10-20-11/h1-10H/b5-3+,14-9-. The van der Waals surface area contributed by atoms with Gasteiger partial charge in [0.2, 0.25) is 5.90 Å². The molecule has 0 N–H and O–H groups in total. The number of rotatable bonds is 3. The monoisotopic (exact) mass is 343 g/mol. The molecule has 3 rings (SSSR count). The van der Waals surface area contributed by atoms with Crippen LogP contribution < -0.4 is 0 Å². The predicted molar refractivity (Wildman–Crippen MR) is 82.6 cm³/mol. The highest BCUT2D eigenvalue weighted by Crippen LogP contribution is 2.22. The molecule has 0 bridgehead atoms. The molecule has 4 nitrogen and oxygen atoms in total. The number of cyclic esters (lactones) is 1. The van der Waals surface area contributed by atoms with E-state index in [9.17, 15) is 4.79 Å². The maximum absolute atomic E-state index is 11.8. The maximum atomic E-state index is 11.8. The van der Waals surface area contributed by atoms with E-state index in [1.807, 2.05) is 30.3 Å². The molecule has 5 heteroatoms. The second kappa shape index (κ2) is 5.93. The third kappa shape index (κ3) is 3.03. The van der Waals surface area contributed by atoms with Crippen molar-refractivity contribution >= 4 is 33.9 Å². The number of allylic oxidation sites excluding steroid dienone is 2. The predicted octanol–water partition coefficient (Wildman–Crippen LogP) is 3.94. The Morgan fingerprint density at radius 3 is 2.76 bits per heavy atom. The van der Waals surface area contributed by atoms with Gasteiger partial charge in [0.25, 0.3) is 0 Å². The first kappa shape index (κ1) is 13.6. The molecule has 1 aliphatic heterocycles. The molecule has 0 saturated carbocycles. The summed E-state index contributed by atoms with van der Waals surface area (Å²) in [6, 6.07) is 11.0. The van der Waals surface area contributed by atoms with Crippen molar-refractivity contribution in [1.82, 2.24) is 0 Å². The Balaban J connectivity index is 1.84. The number of carbonyl (C=O) groups is 1. The zero-order chi connectivity index (χ0) is 14.7. The Hall–Kier alpha value is -2.40. The summed E-state index contributed by atoms with van der Waals surface area (Å²) in [6.07, 6.45) is 6.61. The Morgan fingerprint density at radius 1 is 1.14 bits per heavy atom. The molecular formula is C16H10BrNO3. The second-order valence-electron chi connectivity index (χ2n) is 4.21. The van der Waals surface area contributed by atoms with Gasteiger partial charge < -0.3 is 9.15 Å². The molecule has 0 unspecified atom stereocenters. The van der Waals surface area contributed by atoms with E-state index in [-0.39, 0.29) is 5.70 Å². The molecule has 1 aliphatic rings. The van der Waals surface area contributed by atoms with Gasteiger partial charge in [-0.1, -0.05) is 18.2 Å². The van der Waals surface area contributed by atoms with Crippen LogP contribution in [-0.4, -0.2) is 11.9 Å². The van der Waals surface area contributed by atoms with E-state index in [4.69, 9.17) is 9.15 Å². The number of carbonyl (C=O) groups excluding carboxylic acids is 1. The summed E-state index contributed by atoms with van der Waals surface area (Å²) in [5.74, 6) is 0.531. The largest absolute Gasteiger partial charge is 0.465 e. The van der Waals surface area contributed by atoms with Crippen molar-refractivity contribution in [3.63, 3.8) is 0 Å². The molecule has 0 radical (unpaired) electrons. The van der Waals surface area contributed by atoms with Gasteiger partial charge in [-0.2, -0.15) is 0 Å². The normalized spacial score (nSPS) is 16.5. The van der Waals surface area contributed by atoms with Crippen LogP contribution in [0.3, 0.4) is 0 Å². The molecular weight excluding hydrogens is 334 g/mol. The molecule has 0 atom stereocenters. The molecule has 0 amide bonds. The fourth-order valence-corrected chi connectivity index (χ4v) is 2.25. The number of ether oxygens (including phenoxy) is 1. The lowest BCUT2D eigenvalue weighted by atomic mass is 10.2. The smallest absolute Gasteiger partial charge is 0.363 e. The van der Waals surface area contributed by atoms with Crippen molar-refractivity contribution < 1.29 is 13.9 Å². The number of nitrogens with zero attached hydrogens (tertiary/aromatic N) is 1. The fourth-order valence-electron chi connectivity index (χ4n) is 1.79. The third-order valence-corrected chi connectivity index (χ3v) is 3.47. The number of furan rings is 1. The molecule has 0 spiro atoms. The minimum atomic E-state index is -0.468. The molecule has 0 fully saturated rings. The van der Waals surface area contributed by atoms with Crippen LogP contribution in [0.25, 0.3) is 6.08 Å². The zero-order valence-corrected chi connectivity index (χ0v) is 12.4. The van der Waals surface area contributed by atoms with Gasteiger partial charge in [-0.3, -0.25) is 0 Å². The third-order valence-electron chi connectivity index (χ3n) is 2.78. The average molecular weight is 344 g/mol. The van der Waals surface area contributed by atoms with Crippen LogP contribution in [0.1, 0.15) is 11.3 Å². The van der Waals surface area contributed by atoms with Gasteiger partial charge in [0.1, 0.15) is 5.76 Å². The number of hydrogen-bond acceptors (Lipinski definition) is 4. The van der Waals surface area contributed by atoms with E-state index in [0.29, 0.717) is 11.7 Å². The van der Waals surface area contributed by atoms with Gasteiger partial charge in [0.05, 0.1) is 11.8 Å². The van der Waals surface area contributed by atoms with Gasteiger partial charge in [0.15, 0.2) is 5.70 Å². The highest BCUT2D eigenvalue weighted by atomic mass is 79.9. The quantitative estimate of drug-likeness (QED) is 0.626. The number of esters is 1. The molecule has 0 saturated heterocycles. The van der Waals surface area contributed by atoms with E-state index < -0.39 is 5.97 Å². The summed E-state index contributed by atoms with van der Waals surface area (Å²) in [5, 5.41) is 0. The van der Waals surface area contributed by atoms with E-state index in [0.717, 1.165) is 10.0 Å². The number of aliphatic imine (C=N–C) groups is 1. The van der Waals surface area contributed by atoms with Crippen molar-refractivity contribution in [3.8, 4) is 0 Å². The molecule has 104 valence electrons. The summed E-state index contributed by atoms with van der Waals surface area (Å²) in [6.45, 7) is 0. The van der Waals surface area contributed by atoms with Crippen molar-refractivity contribution in [2.75, 3.05) is 0 Å². The van der Waals surface area contributed by atoms with Crippen LogP contribution in [0.15, 0.2) is 74.4 Å². The Bertz CT molecular complexity index is 758. The highest BCUT2D eigenvalue weighted by molar-refractivity contribution is 9.10. The number of halogens is 1. The Morgan fingerprint density at radius 2 is 2.00 bits per heavy atom. The van der Waals surface area contributed by atoms with Gasteiger partial charge in [-0.25, -0.2) is 9.79 Å². The summed E-state index contributed by atoms with van der Waals surface area (Å²) < 4.78 is 11.2. The highest BCUT2D eigenvalue weighted by Gasteiger charge is 2.24. The van der Waals surface area contributed by atoms with Gasteiger partial charge in [-0.05, 0) is 52.3 Å². The van der Waals surface area contributed by atoms with Crippen LogP contribution >= 0.6 is 15.9 Å². The van der Waals surface area contributed by atoms with E-state index >= 15 is 0 Å². The van der Waals surface area contributed by atoms with Gasteiger partial charge in [0, 0.05) is 4.47 Å². The average Bonchev–Trinajstić information content (AvgIpc) is 3.10. The Labute approximate surface area is 129 Å². The molecule has 2 heterocycles. The second-order valence-corrected chi connectivity index (χ2v) is 5.07. The molecule has 1 aromatic carbocycles. The lowest BCUT2D eigenvalue weighted by Gasteiger charge is -2.01. The molecule has 1 aromatic heterocycles. The van der Waals surface area contributed by atoms with Crippen LogP contribution in [0.4, 0.5) is 0 Å². The molecule has 2 aromatic rings. The van der Waals surface area contributed by atoms with Crippen LogP contribution in [0.5, 0.6) is 0 Å². The molecule has 0 aliphatic carbocycles. The van der Waals surface area contributed by atoms with E-state index in [1.165, 1.54) is 0 Å². The topological polar surface area (TPSA) is 51.8 Å². The summed E-state index contributed by atoms with van der Waals surface area (Å²) in [5.41, 5.74) is 0.993. The SMILES string of the molecule is O=C1OC(c2ccccc2Br)=N/C1=C\C=C\c1ccco1. The van der Waals surface area contributed by atoms with Gasteiger partial charge in [-0.15, -0.1) is 0 Å². The Kier molecular flexibility index (Phi) is 3.83. The van der Waals surface area contributed by atoms with Crippen LogP contribution in [0.2, 0.25) is 0 Å². The lowest BCUT2D eigenvalue weighted by molar-refractivity contribution is -0.130. The first-order valence-electron chi connectivity index (χ1n) is 6.22. The summed E-state index contributed by atoms with van der Waals surface area (Å²) in [4.78, 5) is 16.0. The summed E-state index contributed by atoms with van der Waals surface area (Å²) >= 11 is 3.41. The fraction of sp³-hybridized carbons (Fsp3) is 0. The van der Waals surface area contributed by atoms with E-state index in [1.54, 1.807) is 30.6 Å². The maximum Gasteiger partial charge on any atom is 0.363 e. The van der Waals surface area contributed by atoms with Crippen LogP contribution in [0, 0.1) is 0 Å². The van der Waals surface area contributed by atoms with Gasteiger partial charge >= 0.3 is 5.97 Å². The first-order valence-corrected chi connectivity index (χ1v) is 7.01. The van der Waals surface area contributed by atoms with Crippen molar-refractivity contribution in [3.05, 3.63) is 76.3 Å². The lowest BCUT2D eigenvalue weighted by Crippen LogP contribution is -2.05. The minimum Gasteiger partial charge on any atom is -0.465 e. The van der Waals surface area contributed by atoms with Crippen molar-refractivity contribution in [1.29, 1.82) is 0 Å².